The van der Waals surface area contributed by atoms with E-state index in [0.717, 1.165) is 5.92 Å². The van der Waals surface area contributed by atoms with E-state index in [1.54, 1.807) is 0 Å². The largest absolute Gasteiger partial charge is 0.325 e. The molecular weight excluding hydrogens is 134 g/mol. The highest BCUT2D eigenvalue weighted by Gasteiger charge is 2.31. The summed E-state index contributed by atoms with van der Waals surface area (Å²) in [6.45, 7) is 4.48. The summed E-state index contributed by atoms with van der Waals surface area (Å²) < 4.78 is 0. The zero-order chi connectivity index (χ0) is 8.32. The van der Waals surface area contributed by atoms with Gasteiger partial charge in [-0.05, 0) is 32.1 Å². The van der Waals surface area contributed by atoms with Crippen molar-refractivity contribution in [2.75, 3.05) is 0 Å². The molecule has 0 aliphatic heterocycles. The highest BCUT2D eigenvalue weighted by molar-refractivity contribution is 4.89. The summed E-state index contributed by atoms with van der Waals surface area (Å²) in [5.74, 6) is 0.793. The number of hydrogen-bond acceptors (Lipinski definition) is 1. The molecule has 1 saturated carbocycles. The Labute approximate surface area is 70.4 Å². The summed E-state index contributed by atoms with van der Waals surface area (Å²) in [6, 6.07) is 0. The van der Waals surface area contributed by atoms with Gasteiger partial charge in [-0.2, -0.15) is 0 Å². The molecule has 2 N–H and O–H groups in total. The third kappa shape index (κ3) is 2.19. The quantitative estimate of drug-likeness (QED) is 0.652. The van der Waals surface area contributed by atoms with Crippen LogP contribution in [0.3, 0.4) is 0 Å². The fourth-order valence-corrected chi connectivity index (χ4v) is 2.25. The summed E-state index contributed by atoms with van der Waals surface area (Å²) in [4.78, 5) is 0. The molecule has 0 bridgehead atoms. The van der Waals surface area contributed by atoms with Crippen molar-refractivity contribution in [2.24, 2.45) is 11.7 Å². The average molecular weight is 155 g/mol. The van der Waals surface area contributed by atoms with Gasteiger partial charge in [0.05, 0.1) is 0 Å². The molecule has 1 aliphatic carbocycles. The van der Waals surface area contributed by atoms with Crippen molar-refractivity contribution in [3.05, 3.63) is 0 Å². The predicted octanol–water partition coefficient (Wildman–Crippen LogP) is 2.69. The maximum Gasteiger partial charge on any atom is 0.0154 e. The van der Waals surface area contributed by atoms with Crippen LogP contribution in [-0.4, -0.2) is 5.54 Å². The molecule has 0 heterocycles. The van der Waals surface area contributed by atoms with Crippen LogP contribution in [0.4, 0.5) is 0 Å². The van der Waals surface area contributed by atoms with Crippen LogP contribution in [-0.2, 0) is 0 Å². The van der Waals surface area contributed by atoms with Gasteiger partial charge < -0.3 is 5.73 Å². The van der Waals surface area contributed by atoms with Crippen LogP contribution in [0.5, 0.6) is 0 Å². The molecule has 2 atom stereocenters. The van der Waals surface area contributed by atoms with Crippen LogP contribution in [0.15, 0.2) is 0 Å². The van der Waals surface area contributed by atoms with Gasteiger partial charge in [-0.3, -0.25) is 0 Å². The Balaban J connectivity index is 2.45. The first-order chi connectivity index (χ1) is 5.17. The summed E-state index contributed by atoms with van der Waals surface area (Å²) in [6.07, 6.45) is 7.95. The van der Waals surface area contributed by atoms with E-state index in [0.29, 0.717) is 0 Å². The Morgan fingerprint density at radius 3 is 2.73 bits per heavy atom. The molecule has 1 fully saturated rings. The van der Waals surface area contributed by atoms with Crippen molar-refractivity contribution in [3.63, 3.8) is 0 Å². The lowest BCUT2D eigenvalue weighted by Gasteiger charge is -2.38. The zero-order valence-corrected chi connectivity index (χ0v) is 7.90. The molecule has 1 heteroatoms. The van der Waals surface area contributed by atoms with Gasteiger partial charge >= 0.3 is 0 Å². The fraction of sp³-hybridized carbons (Fsp3) is 1.00. The zero-order valence-electron chi connectivity index (χ0n) is 7.90. The Bertz CT molecular complexity index is 116. The topological polar surface area (TPSA) is 26.0 Å². The van der Waals surface area contributed by atoms with Crippen LogP contribution in [0.2, 0.25) is 0 Å². The number of hydrogen-bond donors (Lipinski definition) is 1. The molecule has 0 radical (unpaired) electrons. The molecule has 0 aromatic carbocycles. The van der Waals surface area contributed by atoms with Crippen molar-refractivity contribution < 1.29 is 0 Å². The van der Waals surface area contributed by atoms with E-state index in [2.05, 4.69) is 13.8 Å². The molecule has 0 aromatic heterocycles. The third-order valence-electron chi connectivity index (χ3n) is 3.09. The Morgan fingerprint density at radius 1 is 1.45 bits per heavy atom. The van der Waals surface area contributed by atoms with E-state index in [1.165, 1.54) is 38.5 Å². The molecule has 2 unspecified atom stereocenters. The van der Waals surface area contributed by atoms with Crippen LogP contribution in [0.1, 0.15) is 52.4 Å². The van der Waals surface area contributed by atoms with E-state index in [4.69, 9.17) is 5.73 Å². The molecular formula is C10H21N. The minimum atomic E-state index is 0.147. The molecule has 66 valence electrons. The maximum atomic E-state index is 6.21. The van der Waals surface area contributed by atoms with Crippen molar-refractivity contribution in [3.8, 4) is 0 Å². The molecule has 0 saturated heterocycles. The molecule has 11 heavy (non-hydrogen) atoms. The molecule has 0 amide bonds. The Kier molecular flexibility index (Phi) is 2.94. The van der Waals surface area contributed by atoms with Gasteiger partial charge in [0.2, 0.25) is 0 Å². The highest BCUT2D eigenvalue weighted by Crippen LogP contribution is 2.34. The minimum Gasteiger partial charge on any atom is -0.325 e. The van der Waals surface area contributed by atoms with Crippen LogP contribution in [0, 0.1) is 5.92 Å². The molecule has 1 rings (SSSR count). The summed E-state index contributed by atoms with van der Waals surface area (Å²) in [5.41, 5.74) is 6.36. The second kappa shape index (κ2) is 3.57. The van der Waals surface area contributed by atoms with Crippen molar-refractivity contribution >= 4 is 0 Å². The highest BCUT2D eigenvalue weighted by atomic mass is 14.7. The van der Waals surface area contributed by atoms with E-state index >= 15 is 0 Å². The lowest BCUT2D eigenvalue weighted by Crippen LogP contribution is -2.46. The van der Waals surface area contributed by atoms with Crippen LogP contribution < -0.4 is 5.73 Å². The Hall–Kier alpha value is -0.0400. The average Bonchev–Trinajstić information content (AvgIpc) is 1.94. The maximum absolute atomic E-state index is 6.21. The van der Waals surface area contributed by atoms with E-state index in [1.807, 2.05) is 0 Å². The van der Waals surface area contributed by atoms with Gasteiger partial charge in [0.25, 0.3) is 0 Å². The van der Waals surface area contributed by atoms with Crippen molar-refractivity contribution in [1.29, 1.82) is 0 Å². The van der Waals surface area contributed by atoms with Crippen LogP contribution >= 0.6 is 0 Å². The van der Waals surface area contributed by atoms with Crippen LogP contribution in [0.25, 0.3) is 0 Å². The second-order valence-corrected chi connectivity index (χ2v) is 4.24. The number of nitrogens with two attached hydrogens (primary N) is 1. The van der Waals surface area contributed by atoms with Crippen molar-refractivity contribution in [1.82, 2.24) is 0 Å². The first-order valence-electron chi connectivity index (χ1n) is 4.95. The predicted molar refractivity (Wildman–Crippen MR) is 49.5 cm³/mol. The lowest BCUT2D eigenvalue weighted by molar-refractivity contribution is 0.196. The fourth-order valence-electron chi connectivity index (χ4n) is 2.25. The van der Waals surface area contributed by atoms with Gasteiger partial charge in [0.1, 0.15) is 0 Å². The normalized spacial score (nSPS) is 39.0. The SMILES string of the molecule is CCCC1CCCCC1(C)N. The summed E-state index contributed by atoms with van der Waals surface area (Å²) in [7, 11) is 0. The minimum absolute atomic E-state index is 0.147. The van der Waals surface area contributed by atoms with Gasteiger partial charge in [-0.15, -0.1) is 0 Å². The second-order valence-electron chi connectivity index (χ2n) is 4.24. The molecule has 0 spiro atoms. The van der Waals surface area contributed by atoms with Crippen molar-refractivity contribution in [2.45, 2.75) is 57.9 Å². The summed E-state index contributed by atoms with van der Waals surface area (Å²) >= 11 is 0. The summed E-state index contributed by atoms with van der Waals surface area (Å²) in [5, 5.41) is 0. The Morgan fingerprint density at radius 2 is 2.18 bits per heavy atom. The van der Waals surface area contributed by atoms with Gasteiger partial charge in [-0.1, -0.05) is 26.2 Å². The number of rotatable bonds is 2. The molecule has 1 aliphatic rings. The van der Waals surface area contributed by atoms with Gasteiger partial charge in [0, 0.05) is 5.54 Å². The molecule has 1 nitrogen and oxygen atoms in total. The standard InChI is InChI=1S/C10H21N/c1-3-6-9-7-4-5-8-10(9,2)11/h9H,3-8,11H2,1-2H3. The van der Waals surface area contributed by atoms with E-state index in [9.17, 15) is 0 Å². The first kappa shape index (κ1) is 9.05. The molecule has 0 aromatic rings. The smallest absolute Gasteiger partial charge is 0.0154 e. The van der Waals surface area contributed by atoms with Gasteiger partial charge in [-0.25, -0.2) is 0 Å². The lowest BCUT2D eigenvalue weighted by atomic mass is 9.73. The third-order valence-corrected chi connectivity index (χ3v) is 3.09. The van der Waals surface area contributed by atoms with Gasteiger partial charge in [0.15, 0.2) is 0 Å². The first-order valence-corrected chi connectivity index (χ1v) is 4.95. The van der Waals surface area contributed by atoms with E-state index in [-0.39, 0.29) is 5.54 Å². The van der Waals surface area contributed by atoms with E-state index < -0.39 is 0 Å². The monoisotopic (exact) mass is 155 g/mol.